The van der Waals surface area contributed by atoms with Crippen molar-refractivity contribution in [3.63, 3.8) is 0 Å². The number of rotatable bonds is 35. The first kappa shape index (κ1) is 43.2. The molecule has 0 aromatic carbocycles. The third-order valence-electron chi connectivity index (χ3n) is 9.61. The van der Waals surface area contributed by atoms with Gasteiger partial charge < -0.3 is 9.88 Å². The molecule has 3 nitrogen and oxygen atoms in total. The quantitative estimate of drug-likeness (QED) is 0.0586. The van der Waals surface area contributed by atoms with Crippen LogP contribution < -0.4 is 0 Å². The molecule has 0 saturated carbocycles. The molecule has 1 rings (SSSR count). The molecule has 0 saturated heterocycles. The number of nitrogens with one attached hydrogen (secondary N) is 1. The Morgan fingerprint density at radius 2 is 0.979 bits per heavy atom. The molecule has 0 spiro atoms. The number of unbranched alkanes of at least 4 members (excludes halogenated alkanes) is 18. The predicted octanol–water partition coefficient (Wildman–Crippen LogP) is 14.0. The Hall–Kier alpha value is -1.87. The summed E-state index contributed by atoms with van der Waals surface area (Å²) in [4.78, 5) is 10.1. The van der Waals surface area contributed by atoms with E-state index >= 15 is 0 Å². The van der Waals surface area contributed by atoms with Crippen LogP contribution in [0.15, 0.2) is 61.1 Å². The van der Waals surface area contributed by atoms with Gasteiger partial charge >= 0.3 is 0 Å². The smallest absolute Gasteiger partial charge is 0.0921 e. The second-order valence-electron chi connectivity index (χ2n) is 14.1. The van der Waals surface area contributed by atoms with Crippen molar-refractivity contribution in [3.05, 3.63) is 66.8 Å². The van der Waals surface area contributed by atoms with E-state index in [4.69, 9.17) is 0 Å². The van der Waals surface area contributed by atoms with Gasteiger partial charge in [0.25, 0.3) is 0 Å². The van der Waals surface area contributed by atoms with Crippen molar-refractivity contribution in [1.82, 2.24) is 14.9 Å². The summed E-state index contributed by atoms with van der Waals surface area (Å²) in [6.07, 6.45) is 59.7. The van der Waals surface area contributed by atoms with E-state index in [0.717, 1.165) is 25.3 Å². The van der Waals surface area contributed by atoms with Gasteiger partial charge in [0.2, 0.25) is 0 Å². The minimum Gasteiger partial charge on any atom is -0.348 e. The van der Waals surface area contributed by atoms with Crippen LogP contribution in [-0.4, -0.2) is 34.5 Å². The van der Waals surface area contributed by atoms with Crippen LogP contribution in [0.5, 0.6) is 0 Å². The summed E-state index contributed by atoms with van der Waals surface area (Å²) in [6, 6.07) is 0.744. The fourth-order valence-electron chi connectivity index (χ4n) is 6.44. The molecule has 3 heteroatoms. The normalized spacial score (nSPS) is 13.1. The number of allylic oxidation sites excluding steroid dienone is 8. The summed E-state index contributed by atoms with van der Waals surface area (Å²) in [7, 11) is 2.38. The van der Waals surface area contributed by atoms with Gasteiger partial charge in [0.15, 0.2) is 0 Å². The van der Waals surface area contributed by atoms with E-state index in [0.29, 0.717) is 0 Å². The SMILES string of the molecule is CCCCCC=CCC=CCCCCCCCCC(CCCCCCCCC=CCC=CCCCCC)N(C)CCCc1cnc[nH]1. The molecule has 0 radical (unpaired) electrons. The maximum atomic E-state index is 4.19. The monoisotopic (exact) mass is 650 g/mol. The van der Waals surface area contributed by atoms with Crippen molar-refractivity contribution in [1.29, 1.82) is 0 Å². The van der Waals surface area contributed by atoms with Gasteiger partial charge in [0, 0.05) is 17.9 Å². The van der Waals surface area contributed by atoms with Crippen LogP contribution in [-0.2, 0) is 6.42 Å². The Labute approximate surface area is 294 Å². The Morgan fingerprint density at radius 3 is 1.40 bits per heavy atom. The first-order chi connectivity index (χ1) is 23.3. The van der Waals surface area contributed by atoms with Crippen molar-refractivity contribution in [2.24, 2.45) is 0 Å². The van der Waals surface area contributed by atoms with Crippen molar-refractivity contribution in [2.75, 3.05) is 13.6 Å². The molecule has 0 bridgehead atoms. The summed E-state index contributed by atoms with van der Waals surface area (Å²) in [5.74, 6) is 0. The summed E-state index contributed by atoms with van der Waals surface area (Å²) in [6.45, 7) is 5.73. The zero-order valence-corrected chi connectivity index (χ0v) is 31.8. The summed E-state index contributed by atoms with van der Waals surface area (Å²) in [5.41, 5.74) is 1.27. The molecule has 270 valence electrons. The maximum Gasteiger partial charge on any atom is 0.0921 e. The van der Waals surface area contributed by atoms with Crippen LogP contribution in [0.2, 0.25) is 0 Å². The van der Waals surface area contributed by atoms with Crippen LogP contribution in [0.25, 0.3) is 0 Å². The van der Waals surface area contributed by atoms with E-state index in [-0.39, 0.29) is 0 Å². The largest absolute Gasteiger partial charge is 0.348 e. The number of hydrogen-bond donors (Lipinski definition) is 1. The molecule has 0 fully saturated rings. The molecule has 1 heterocycles. The van der Waals surface area contributed by atoms with Gasteiger partial charge in [-0.15, -0.1) is 0 Å². The average Bonchev–Trinajstić information content (AvgIpc) is 3.60. The zero-order valence-electron chi connectivity index (χ0n) is 31.8. The molecule has 0 unspecified atom stereocenters. The molecule has 1 aromatic heterocycles. The molecule has 0 aliphatic heterocycles. The van der Waals surface area contributed by atoms with Gasteiger partial charge in [-0.1, -0.05) is 152 Å². The lowest BCUT2D eigenvalue weighted by Gasteiger charge is -2.28. The van der Waals surface area contributed by atoms with E-state index in [2.05, 4.69) is 84.4 Å². The Morgan fingerprint density at radius 1 is 0.553 bits per heavy atom. The second-order valence-corrected chi connectivity index (χ2v) is 14.1. The first-order valence-corrected chi connectivity index (χ1v) is 20.5. The number of aryl methyl sites for hydroxylation is 1. The van der Waals surface area contributed by atoms with Gasteiger partial charge in [-0.25, -0.2) is 4.98 Å². The third kappa shape index (κ3) is 30.0. The molecule has 0 atom stereocenters. The highest BCUT2D eigenvalue weighted by Gasteiger charge is 2.14. The number of hydrogen-bond acceptors (Lipinski definition) is 2. The van der Waals surface area contributed by atoms with Crippen molar-refractivity contribution >= 4 is 0 Å². The maximum absolute atomic E-state index is 4.19. The Bertz CT molecular complexity index is 801. The number of H-pyrrole nitrogens is 1. The highest BCUT2D eigenvalue weighted by atomic mass is 15.1. The fourth-order valence-corrected chi connectivity index (χ4v) is 6.44. The number of nitrogens with zero attached hydrogens (tertiary/aromatic N) is 2. The second kappa shape index (κ2) is 35.4. The molecule has 1 aromatic rings. The van der Waals surface area contributed by atoms with Crippen LogP contribution in [0.1, 0.15) is 193 Å². The highest BCUT2D eigenvalue weighted by molar-refractivity contribution is 4.95. The molecular formula is C44H79N3. The van der Waals surface area contributed by atoms with Crippen LogP contribution in [0.4, 0.5) is 0 Å². The predicted molar refractivity (Wildman–Crippen MR) is 211 cm³/mol. The lowest BCUT2D eigenvalue weighted by Crippen LogP contribution is -2.32. The molecule has 0 aliphatic rings. The van der Waals surface area contributed by atoms with Gasteiger partial charge in [0.05, 0.1) is 6.33 Å². The standard InChI is InChI=1S/C44H79N3/c1-4-6-8-10-12-14-16-18-20-22-24-26-28-30-32-34-38-44(47(3)40-36-37-43-41-45-42-46-43)39-35-33-31-29-27-25-23-21-19-17-15-13-11-9-7-5-2/h12-15,18-21,41-42,44H,4-11,16-17,22-40H2,1-3H3,(H,45,46). The van der Waals surface area contributed by atoms with Gasteiger partial charge in [-0.2, -0.15) is 0 Å². The van der Waals surface area contributed by atoms with Crippen LogP contribution in [0.3, 0.4) is 0 Å². The van der Waals surface area contributed by atoms with Gasteiger partial charge in [-0.3, -0.25) is 0 Å². The lowest BCUT2D eigenvalue weighted by molar-refractivity contribution is 0.207. The van der Waals surface area contributed by atoms with Crippen molar-refractivity contribution < 1.29 is 0 Å². The molecule has 0 aliphatic carbocycles. The zero-order chi connectivity index (χ0) is 33.7. The lowest BCUT2D eigenvalue weighted by atomic mass is 9.98. The summed E-state index contributed by atoms with van der Waals surface area (Å²) >= 11 is 0. The third-order valence-corrected chi connectivity index (χ3v) is 9.61. The van der Waals surface area contributed by atoms with Crippen molar-refractivity contribution in [3.8, 4) is 0 Å². The van der Waals surface area contributed by atoms with Crippen LogP contribution >= 0.6 is 0 Å². The van der Waals surface area contributed by atoms with E-state index in [1.165, 1.54) is 173 Å². The van der Waals surface area contributed by atoms with Gasteiger partial charge in [-0.05, 0) is 103 Å². The topological polar surface area (TPSA) is 31.9 Å². The van der Waals surface area contributed by atoms with E-state index < -0.39 is 0 Å². The Balaban J connectivity index is 2.15. The minimum absolute atomic E-state index is 0.744. The molecule has 0 amide bonds. The molecular weight excluding hydrogens is 571 g/mol. The highest BCUT2D eigenvalue weighted by Crippen LogP contribution is 2.19. The number of imidazole rings is 1. The fraction of sp³-hybridized carbons (Fsp3) is 0.750. The van der Waals surface area contributed by atoms with Crippen molar-refractivity contribution in [2.45, 2.75) is 200 Å². The van der Waals surface area contributed by atoms with Crippen LogP contribution in [0, 0.1) is 0 Å². The van der Waals surface area contributed by atoms with E-state index in [1.54, 1.807) is 6.33 Å². The molecule has 1 N–H and O–H groups in total. The minimum atomic E-state index is 0.744. The average molecular weight is 650 g/mol. The van der Waals surface area contributed by atoms with Gasteiger partial charge in [0.1, 0.15) is 0 Å². The number of aromatic amines is 1. The van der Waals surface area contributed by atoms with E-state index in [1.807, 2.05) is 6.20 Å². The Kier molecular flexibility index (Phi) is 32.5. The summed E-state index contributed by atoms with van der Waals surface area (Å²) < 4.78 is 0. The first-order valence-electron chi connectivity index (χ1n) is 20.5. The summed E-state index contributed by atoms with van der Waals surface area (Å²) in [5, 5.41) is 0. The van der Waals surface area contributed by atoms with E-state index in [9.17, 15) is 0 Å². The number of aromatic nitrogens is 2. The molecule has 47 heavy (non-hydrogen) atoms.